The number of ether oxygens (including phenoxy) is 1. The van der Waals surface area contributed by atoms with Crippen LogP contribution in [0.4, 0.5) is 0 Å². The molecular weight excluding hydrogens is 224 g/mol. The van der Waals surface area contributed by atoms with Crippen LogP contribution < -0.4 is 10.1 Å². The van der Waals surface area contributed by atoms with Crippen LogP contribution in [0.5, 0.6) is 5.75 Å². The van der Waals surface area contributed by atoms with Crippen molar-refractivity contribution in [2.75, 3.05) is 14.2 Å². The number of nitrogens with zero attached hydrogens (tertiary/aromatic N) is 1. The molecule has 1 atom stereocenters. The minimum absolute atomic E-state index is 0.0592. The zero-order valence-corrected chi connectivity index (χ0v) is 12.1. The topological polar surface area (TPSA) is 45.0 Å². The van der Waals surface area contributed by atoms with Crippen LogP contribution in [0.2, 0.25) is 0 Å². The summed E-state index contributed by atoms with van der Waals surface area (Å²) >= 11 is 0. The van der Waals surface area contributed by atoms with Crippen LogP contribution in [0.1, 0.15) is 36.6 Å². The SMILES string of the molecule is CNC(c1cc(C)cc(C)c1OC)C(C)(C)C#N. The van der Waals surface area contributed by atoms with Gasteiger partial charge in [-0.2, -0.15) is 5.26 Å². The van der Waals surface area contributed by atoms with Gasteiger partial charge in [0.2, 0.25) is 0 Å². The lowest BCUT2D eigenvalue weighted by Crippen LogP contribution is -2.31. The standard InChI is InChI=1S/C15H22N2O/c1-10-7-11(2)13(18-6)12(8-10)14(17-5)15(3,4)9-16/h7-8,14,17H,1-6H3. The van der Waals surface area contributed by atoms with Gasteiger partial charge in [-0.25, -0.2) is 0 Å². The third-order valence-electron chi connectivity index (χ3n) is 3.26. The maximum absolute atomic E-state index is 9.33. The highest BCUT2D eigenvalue weighted by atomic mass is 16.5. The fourth-order valence-corrected chi connectivity index (χ4v) is 2.45. The number of hydrogen-bond acceptors (Lipinski definition) is 3. The molecular formula is C15H22N2O. The molecule has 0 spiro atoms. The molecule has 0 radical (unpaired) electrons. The van der Waals surface area contributed by atoms with E-state index in [4.69, 9.17) is 4.74 Å². The van der Waals surface area contributed by atoms with E-state index in [0.717, 1.165) is 16.9 Å². The fourth-order valence-electron chi connectivity index (χ4n) is 2.45. The summed E-state index contributed by atoms with van der Waals surface area (Å²) in [6.07, 6.45) is 0. The van der Waals surface area contributed by atoms with Gasteiger partial charge < -0.3 is 10.1 Å². The van der Waals surface area contributed by atoms with Crippen LogP contribution in [-0.2, 0) is 0 Å². The van der Waals surface area contributed by atoms with Crippen LogP contribution in [0.15, 0.2) is 12.1 Å². The summed E-state index contributed by atoms with van der Waals surface area (Å²) < 4.78 is 5.50. The maximum atomic E-state index is 9.33. The molecule has 3 heteroatoms. The zero-order valence-electron chi connectivity index (χ0n) is 12.1. The minimum Gasteiger partial charge on any atom is -0.496 e. The highest BCUT2D eigenvalue weighted by molar-refractivity contribution is 5.46. The van der Waals surface area contributed by atoms with E-state index in [2.05, 4.69) is 30.4 Å². The molecule has 0 bridgehead atoms. The van der Waals surface area contributed by atoms with Crippen LogP contribution in [0.25, 0.3) is 0 Å². The van der Waals surface area contributed by atoms with Gasteiger partial charge in [-0.1, -0.05) is 17.7 Å². The largest absolute Gasteiger partial charge is 0.496 e. The van der Waals surface area contributed by atoms with Crippen molar-refractivity contribution in [2.45, 2.75) is 33.7 Å². The van der Waals surface area contributed by atoms with Crippen molar-refractivity contribution >= 4 is 0 Å². The molecule has 1 aromatic rings. The highest BCUT2D eigenvalue weighted by Gasteiger charge is 2.32. The molecule has 0 aliphatic carbocycles. The molecule has 1 N–H and O–H groups in total. The summed E-state index contributed by atoms with van der Waals surface area (Å²) in [5.41, 5.74) is 2.82. The van der Waals surface area contributed by atoms with Crippen molar-refractivity contribution in [3.63, 3.8) is 0 Å². The predicted octanol–water partition coefficient (Wildman–Crippen LogP) is 3.12. The normalized spacial score (nSPS) is 12.9. The zero-order chi connectivity index (χ0) is 13.9. The molecule has 0 aliphatic rings. The Morgan fingerprint density at radius 1 is 1.33 bits per heavy atom. The lowest BCUT2D eigenvalue weighted by Gasteiger charge is -2.30. The maximum Gasteiger partial charge on any atom is 0.126 e. The Labute approximate surface area is 110 Å². The monoisotopic (exact) mass is 246 g/mol. The molecule has 1 unspecified atom stereocenters. The molecule has 1 rings (SSSR count). The van der Waals surface area contributed by atoms with E-state index >= 15 is 0 Å². The summed E-state index contributed by atoms with van der Waals surface area (Å²) in [5, 5.41) is 12.6. The van der Waals surface area contributed by atoms with Gasteiger partial charge >= 0.3 is 0 Å². The third-order valence-corrected chi connectivity index (χ3v) is 3.26. The second-order valence-corrected chi connectivity index (χ2v) is 5.26. The number of aryl methyl sites for hydroxylation is 2. The van der Waals surface area contributed by atoms with Crippen molar-refractivity contribution < 1.29 is 4.74 Å². The molecule has 98 valence electrons. The van der Waals surface area contributed by atoms with Gasteiger partial charge in [-0.15, -0.1) is 0 Å². The average Bonchev–Trinajstić information content (AvgIpc) is 2.29. The van der Waals surface area contributed by atoms with Crippen molar-refractivity contribution in [3.8, 4) is 11.8 Å². The van der Waals surface area contributed by atoms with Crippen LogP contribution in [0, 0.1) is 30.6 Å². The lowest BCUT2D eigenvalue weighted by atomic mass is 9.80. The van der Waals surface area contributed by atoms with Gasteiger partial charge in [0.1, 0.15) is 5.75 Å². The molecule has 0 aliphatic heterocycles. The van der Waals surface area contributed by atoms with Gasteiger partial charge in [-0.3, -0.25) is 0 Å². The van der Waals surface area contributed by atoms with E-state index < -0.39 is 5.41 Å². The first-order chi connectivity index (χ1) is 8.37. The molecule has 0 aromatic heterocycles. The molecule has 0 heterocycles. The first-order valence-corrected chi connectivity index (χ1v) is 6.11. The molecule has 0 saturated heterocycles. The highest BCUT2D eigenvalue weighted by Crippen LogP contribution is 2.39. The van der Waals surface area contributed by atoms with Gasteiger partial charge in [0, 0.05) is 5.56 Å². The Kier molecular flexibility index (Phi) is 4.37. The van der Waals surface area contributed by atoms with Gasteiger partial charge in [0.15, 0.2) is 0 Å². The van der Waals surface area contributed by atoms with E-state index in [1.54, 1.807) is 7.11 Å². The fraction of sp³-hybridized carbons (Fsp3) is 0.533. The Morgan fingerprint density at radius 3 is 2.39 bits per heavy atom. The number of hydrogen-bond donors (Lipinski definition) is 1. The number of methoxy groups -OCH3 is 1. The summed E-state index contributed by atoms with van der Waals surface area (Å²) in [5.74, 6) is 0.864. The quantitative estimate of drug-likeness (QED) is 0.887. The summed E-state index contributed by atoms with van der Waals surface area (Å²) in [4.78, 5) is 0. The van der Waals surface area contributed by atoms with E-state index in [9.17, 15) is 5.26 Å². The Hall–Kier alpha value is -1.53. The van der Waals surface area contributed by atoms with Crippen LogP contribution in [0.3, 0.4) is 0 Å². The molecule has 18 heavy (non-hydrogen) atoms. The van der Waals surface area contributed by atoms with Crippen LogP contribution in [-0.4, -0.2) is 14.2 Å². The second-order valence-electron chi connectivity index (χ2n) is 5.26. The van der Waals surface area contributed by atoms with E-state index in [0.29, 0.717) is 0 Å². The van der Waals surface area contributed by atoms with E-state index in [-0.39, 0.29) is 6.04 Å². The van der Waals surface area contributed by atoms with Crippen LogP contribution >= 0.6 is 0 Å². The number of benzene rings is 1. The van der Waals surface area contributed by atoms with Gasteiger partial charge in [-0.05, 0) is 40.3 Å². The van der Waals surface area contributed by atoms with E-state index in [1.807, 2.05) is 27.8 Å². The Morgan fingerprint density at radius 2 is 1.94 bits per heavy atom. The van der Waals surface area contributed by atoms with Crippen molar-refractivity contribution in [3.05, 3.63) is 28.8 Å². The Balaban J connectivity index is 3.43. The number of nitrogens with one attached hydrogen (secondary N) is 1. The average molecular weight is 246 g/mol. The van der Waals surface area contributed by atoms with Gasteiger partial charge in [0.25, 0.3) is 0 Å². The van der Waals surface area contributed by atoms with Crippen molar-refractivity contribution in [1.29, 1.82) is 5.26 Å². The van der Waals surface area contributed by atoms with Gasteiger partial charge in [0.05, 0.1) is 24.6 Å². The van der Waals surface area contributed by atoms with Crippen molar-refractivity contribution in [1.82, 2.24) is 5.32 Å². The smallest absolute Gasteiger partial charge is 0.126 e. The molecule has 1 aromatic carbocycles. The summed E-state index contributed by atoms with van der Waals surface area (Å²) in [6, 6.07) is 6.48. The lowest BCUT2D eigenvalue weighted by molar-refractivity contribution is 0.325. The van der Waals surface area contributed by atoms with E-state index in [1.165, 1.54) is 5.56 Å². The van der Waals surface area contributed by atoms with Crippen molar-refractivity contribution in [2.24, 2.45) is 5.41 Å². The first-order valence-electron chi connectivity index (χ1n) is 6.11. The molecule has 0 fully saturated rings. The number of rotatable bonds is 4. The Bertz CT molecular complexity index is 472. The molecule has 3 nitrogen and oxygen atoms in total. The molecule has 0 saturated carbocycles. The third kappa shape index (κ3) is 2.65. The minimum atomic E-state index is -0.498. The second kappa shape index (κ2) is 5.41. The summed E-state index contributed by atoms with van der Waals surface area (Å²) in [6.45, 7) is 7.96. The molecule has 0 amide bonds. The predicted molar refractivity (Wildman–Crippen MR) is 73.7 cm³/mol. The first kappa shape index (κ1) is 14.5. The number of nitriles is 1. The summed E-state index contributed by atoms with van der Waals surface area (Å²) in [7, 11) is 3.55.